The molecular formula is C13H26O3. The summed E-state index contributed by atoms with van der Waals surface area (Å²) in [6.45, 7) is 7.24. The Morgan fingerprint density at radius 1 is 1.00 bits per heavy atom. The minimum Gasteiger partial charge on any atom is -0.389 e. The van der Waals surface area contributed by atoms with E-state index >= 15 is 0 Å². The quantitative estimate of drug-likeness (QED) is 0.356. The first-order valence-corrected chi connectivity index (χ1v) is 6.34. The van der Waals surface area contributed by atoms with Crippen LogP contribution >= 0.6 is 0 Å². The van der Waals surface area contributed by atoms with E-state index in [0.29, 0.717) is 13.2 Å². The van der Waals surface area contributed by atoms with Gasteiger partial charge in [-0.3, -0.25) is 0 Å². The van der Waals surface area contributed by atoms with Gasteiger partial charge in [0.1, 0.15) is 0 Å². The molecule has 96 valence electrons. The van der Waals surface area contributed by atoms with Gasteiger partial charge in [-0.05, 0) is 26.3 Å². The number of rotatable bonds is 10. The number of aliphatic hydroxyl groups excluding tert-OH is 1. The van der Waals surface area contributed by atoms with E-state index in [1.165, 1.54) is 12.8 Å². The number of hydrogen-bond donors (Lipinski definition) is 1. The third-order valence-corrected chi connectivity index (χ3v) is 2.26. The highest BCUT2D eigenvalue weighted by Gasteiger charge is 2.04. The van der Waals surface area contributed by atoms with Gasteiger partial charge in [-0.2, -0.15) is 0 Å². The molecular weight excluding hydrogens is 204 g/mol. The topological polar surface area (TPSA) is 38.7 Å². The fourth-order valence-corrected chi connectivity index (χ4v) is 1.41. The summed E-state index contributed by atoms with van der Waals surface area (Å²) in [5.41, 5.74) is 0. The highest BCUT2D eigenvalue weighted by Crippen LogP contribution is 2.06. The molecule has 3 heteroatoms. The number of aliphatic hydroxyl groups is 1. The van der Waals surface area contributed by atoms with Crippen LogP contribution in [-0.4, -0.2) is 30.7 Å². The average molecular weight is 230 g/mol. The highest BCUT2D eigenvalue weighted by atomic mass is 16.7. The van der Waals surface area contributed by atoms with Gasteiger partial charge in [0.05, 0.1) is 6.10 Å². The summed E-state index contributed by atoms with van der Waals surface area (Å²) < 4.78 is 10.7. The van der Waals surface area contributed by atoms with E-state index < -0.39 is 0 Å². The lowest BCUT2D eigenvalue weighted by molar-refractivity contribution is -0.104. The standard InChI is InChI=1S/C13H26O3/c1-4-7-8-9-12(14)10-11-13(15-5-2)16-6-3/h10-14H,4-9H2,1-3H3/b11-10+. The van der Waals surface area contributed by atoms with Crippen LogP contribution in [0.1, 0.15) is 46.5 Å². The number of ether oxygens (including phenoxy) is 2. The van der Waals surface area contributed by atoms with Crippen LogP contribution in [0.3, 0.4) is 0 Å². The molecule has 0 bridgehead atoms. The van der Waals surface area contributed by atoms with Crippen LogP contribution in [0.25, 0.3) is 0 Å². The fourth-order valence-electron chi connectivity index (χ4n) is 1.41. The average Bonchev–Trinajstić information content (AvgIpc) is 2.27. The molecule has 1 atom stereocenters. The molecule has 0 heterocycles. The summed E-state index contributed by atoms with van der Waals surface area (Å²) in [4.78, 5) is 0. The van der Waals surface area contributed by atoms with Crippen LogP contribution in [0.4, 0.5) is 0 Å². The first-order chi connectivity index (χ1) is 7.74. The molecule has 1 unspecified atom stereocenters. The van der Waals surface area contributed by atoms with Gasteiger partial charge in [0, 0.05) is 13.2 Å². The summed E-state index contributed by atoms with van der Waals surface area (Å²) >= 11 is 0. The van der Waals surface area contributed by atoms with Crippen molar-refractivity contribution in [2.24, 2.45) is 0 Å². The molecule has 0 saturated heterocycles. The zero-order valence-electron chi connectivity index (χ0n) is 10.8. The molecule has 0 aromatic rings. The molecule has 0 amide bonds. The summed E-state index contributed by atoms with van der Waals surface area (Å²) in [5.74, 6) is 0. The molecule has 0 fully saturated rings. The van der Waals surface area contributed by atoms with Crippen LogP contribution in [0.2, 0.25) is 0 Å². The van der Waals surface area contributed by atoms with Crippen molar-refractivity contribution >= 4 is 0 Å². The molecule has 0 spiro atoms. The first-order valence-electron chi connectivity index (χ1n) is 6.34. The summed E-state index contributed by atoms with van der Waals surface area (Å²) in [7, 11) is 0. The van der Waals surface area contributed by atoms with Crippen molar-refractivity contribution in [2.45, 2.75) is 58.8 Å². The predicted molar refractivity (Wildman–Crippen MR) is 66.3 cm³/mol. The van der Waals surface area contributed by atoms with Gasteiger partial charge in [0.2, 0.25) is 0 Å². The Hall–Kier alpha value is -0.380. The van der Waals surface area contributed by atoms with Gasteiger partial charge in [-0.15, -0.1) is 0 Å². The Kier molecular flexibility index (Phi) is 10.9. The zero-order chi connectivity index (χ0) is 12.2. The maximum absolute atomic E-state index is 9.66. The van der Waals surface area contributed by atoms with Crippen molar-refractivity contribution in [3.05, 3.63) is 12.2 Å². The predicted octanol–water partition coefficient (Wildman–Crippen LogP) is 2.88. The van der Waals surface area contributed by atoms with Gasteiger partial charge in [0.25, 0.3) is 0 Å². The monoisotopic (exact) mass is 230 g/mol. The Balaban J connectivity index is 3.81. The van der Waals surface area contributed by atoms with E-state index in [0.717, 1.165) is 12.8 Å². The van der Waals surface area contributed by atoms with Crippen molar-refractivity contribution in [3.63, 3.8) is 0 Å². The zero-order valence-corrected chi connectivity index (χ0v) is 10.8. The summed E-state index contributed by atoms with van der Waals surface area (Å²) in [6.07, 6.45) is 7.09. The molecule has 0 aromatic heterocycles. The molecule has 0 aliphatic heterocycles. The molecule has 3 nitrogen and oxygen atoms in total. The second-order valence-electron chi connectivity index (χ2n) is 3.73. The molecule has 0 radical (unpaired) electrons. The van der Waals surface area contributed by atoms with Crippen LogP contribution in [0, 0.1) is 0 Å². The molecule has 0 aromatic carbocycles. The molecule has 0 aliphatic carbocycles. The van der Waals surface area contributed by atoms with E-state index in [9.17, 15) is 5.11 Å². The number of unbranched alkanes of at least 4 members (excludes halogenated alkanes) is 2. The van der Waals surface area contributed by atoms with Crippen LogP contribution in [0.15, 0.2) is 12.2 Å². The lowest BCUT2D eigenvalue weighted by Crippen LogP contribution is -2.15. The van der Waals surface area contributed by atoms with Crippen molar-refractivity contribution in [1.82, 2.24) is 0 Å². The van der Waals surface area contributed by atoms with Crippen molar-refractivity contribution in [2.75, 3.05) is 13.2 Å². The third kappa shape index (κ3) is 8.89. The van der Waals surface area contributed by atoms with Crippen molar-refractivity contribution in [1.29, 1.82) is 0 Å². The summed E-state index contributed by atoms with van der Waals surface area (Å²) in [5, 5.41) is 9.66. The van der Waals surface area contributed by atoms with E-state index in [1.54, 1.807) is 12.2 Å². The van der Waals surface area contributed by atoms with Gasteiger partial charge in [0.15, 0.2) is 6.29 Å². The summed E-state index contributed by atoms with van der Waals surface area (Å²) in [6, 6.07) is 0. The smallest absolute Gasteiger partial charge is 0.176 e. The number of hydrogen-bond acceptors (Lipinski definition) is 3. The third-order valence-electron chi connectivity index (χ3n) is 2.26. The normalized spacial score (nSPS) is 13.8. The van der Waals surface area contributed by atoms with Gasteiger partial charge in [-0.25, -0.2) is 0 Å². The van der Waals surface area contributed by atoms with E-state index in [-0.39, 0.29) is 12.4 Å². The van der Waals surface area contributed by atoms with Gasteiger partial charge in [-0.1, -0.05) is 32.3 Å². The van der Waals surface area contributed by atoms with Crippen LogP contribution in [-0.2, 0) is 9.47 Å². The maximum Gasteiger partial charge on any atom is 0.176 e. The van der Waals surface area contributed by atoms with Crippen LogP contribution in [0.5, 0.6) is 0 Å². The lowest BCUT2D eigenvalue weighted by Gasteiger charge is -2.13. The highest BCUT2D eigenvalue weighted by molar-refractivity contribution is 4.91. The Morgan fingerprint density at radius 3 is 2.12 bits per heavy atom. The second kappa shape index (κ2) is 11.1. The molecule has 0 aliphatic rings. The Labute approximate surface area is 99.5 Å². The lowest BCUT2D eigenvalue weighted by atomic mass is 10.1. The molecule has 1 N–H and O–H groups in total. The van der Waals surface area contributed by atoms with Gasteiger partial charge >= 0.3 is 0 Å². The fraction of sp³-hybridized carbons (Fsp3) is 0.846. The Morgan fingerprint density at radius 2 is 1.62 bits per heavy atom. The molecule has 0 rings (SSSR count). The van der Waals surface area contributed by atoms with E-state index in [2.05, 4.69) is 6.92 Å². The molecule has 16 heavy (non-hydrogen) atoms. The molecule has 0 saturated carbocycles. The van der Waals surface area contributed by atoms with Crippen molar-refractivity contribution < 1.29 is 14.6 Å². The maximum atomic E-state index is 9.66. The second-order valence-corrected chi connectivity index (χ2v) is 3.73. The SMILES string of the molecule is CCCCCC(O)/C=C/C(OCC)OCC. The minimum atomic E-state index is -0.380. The van der Waals surface area contributed by atoms with E-state index in [4.69, 9.17) is 9.47 Å². The van der Waals surface area contributed by atoms with E-state index in [1.807, 2.05) is 13.8 Å². The first kappa shape index (κ1) is 15.6. The minimum absolute atomic E-state index is 0.323. The van der Waals surface area contributed by atoms with Gasteiger partial charge < -0.3 is 14.6 Å². The van der Waals surface area contributed by atoms with Crippen molar-refractivity contribution in [3.8, 4) is 0 Å². The Bertz CT molecular complexity index is 163. The largest absolute Gasteiger partial charge is 0.389 e. The van der Waals surface area contributed by atoms with Crippen LogP contribution < -0.4 is 0 Å².